The summed E-state index contributed by atoms with van der Waals surface area (Å²) in [6, 6.07) is 0. The Morgan fingerprint density at radius 3 is 2.94 bits per heavy atom. The van der Waals surface area contributed by atoms with Crippen LogP contribution < -0.4 is 11.5 Å². The Hall–Kier alpha value is 0.110. The van der Waals surface area contributed by atoms with Gasteiger partial charge >= 0.3 is 0 Å². The fourth-order valence-corrected chi connectivity index (χ4v) is 3.95. The average Bonchev–Trinajstić information content (AvgIpc) is 2.70. The summed E-state index contributed by atoms with van der Waals surface area (Å²) in [6.07, 6.45) is 0. The van der Waals surface area contributed by atoms with Gasteiger partial charge in [-0.2, -0.15) is 0 Å². The third kappa shape index (κ3) is 2.21. The molecular weight excluding hydrogens is 242 g/mol. The highest BCUT2D eigenvalue weighted by Gasteiger charge is 2.62. The predicted octanol–water partition coefficient (Wildman–Crippen LogP) is -0.658. The summed E-state index contributed by atoms with van der Waals surface area (Å²) in [7, 11) is 1.66. The van der Waals surface area contributed by atoms with Crippen molar-refractivity contribution in [2.24, 2.45) is 11.5 Å². The van der Waals surface area contributed by atoms with Crippen molar-refractivity contribution in [1.29, 1.82) is 0 Å². The van der Waals surface area contributed by atoms with Crippen LogP contribution in [0.15, 0.2) is 0 Å². The van der Waals surface area contributed by atoms with Crippen molar-refractivity contribution in [3.8, 4) is 0 Å². The molecule has 0 aromatic carbocycles. The van der Waals surface area contributed by atoms with Gasteiger partial charge < -0.3 is 14.2 Å². The van der Waals surface area contributed by atoms with Gasteiger partial charge in [0.25, 0.3) is 0 Å². The summed E-state index contributed by atoms with van der Waals surface area (Å²) in [5, 5.41) is -0.753. The van der Waals surface area contributed by atoms with E-state index in [1.54, 1.807) is 7.11 Å². The summed E-state index contributed by atoms with van der Waals surface area (Å²) in [5.74, 6) is 0. The zero-order valence-electron chi connectivity index (χ0n) is 10.3. The van der Waals surface area contributed by atoms with Gasteiger partial charge in [-0.3, -0.25) is 11.5 Å². The molecule has 0 radical (unpaired) electrons. The van der Waals surface area contributed by atoms with Crippen LogP contribution in [0, 0.1) is 0 Å². The first-order chi connectivity index (χ1) is 8.07. The lowest BCUT2D eigenvalue weighted by Crippen LogP contribution is -2.66. The molecule has 4 N–H and O–H groups in total. The van der Waals surface area contributed by atoms with Gasteiger partial charge in [0, 0.05) is 20.3 Å². The molecule has 2 atom stereocenters. The molecule has 17 heavy (non-hydrogen) atoms. The van der Waals surface area contributed by atoms with Crippen molar-refractivity contribution >= 4 is 11.8 Å². The number of hydrogen-bond acceptors (Lipinski definition) is 7. The smallest absolute Gasteiger partial charge is 0.173 e. The Labute approximate surface area is 106 Å². The van der Waals surface area contributed by atoms with E-state index in [2.05, 4.69) is 0 Å². The van der Waals surface area contributed by atoms with E-state index in [9.17, 15) is 0 Å². The normalized spacial score (nSPS) is 36.4. The minimum Gasteiger partial charge on any atom is -0.383 e. The molecule has 0 spiro atoms. The van der Waals surface area contributed by atoms with Crippen LogP contribution in [-0.4, -0.2) is 61.1 Å². The first kappa shape index (κ1) is 13.5. The van der Waals surface area contributed by atoms with Crippen LogP contribution in [-0.2, 0) is 14.2 Å². The Morgan fingerprint density at radius 2 is 2.29 bits per heavy atom. The number of nitrogens with two attached hydrogens (primary N) is 2. The maximum atomic E-state index is 6.14. The van der Waals surface area contributed by atoms with E-state index < -0.39 is 10.8 Å². The van der Waals surface area contributed by atoms with Crippen molar-refractivity contribution in [3.05, 3.63) is 0 Å². The van der Waals surface area contributed by atoms with Crippen molar-refractivity contribution in [2.45, 2.75) is 23.0 Å². The van der Waals surface area contributed by atoms with Crippen LogP contribution in [0.3, 0.4) is 0 Å². The molecule has 100 valence electrons. The second-order valence-electron chi connectivity index (χ2n) is 4.30. The highest BCUT2D eigenvalue weighted by Crippen LogP contribution is 2.48. The number of thioether (sulfide) groups is 1. The Morgan fingerprint density at radius 1 is 1.53 bits per heavy atom. The number of rotatable bonds is 5. The molecule has 2 saturated heterocycles. The van der Waals surface area contributed by atoms with Crippen molar-refractivity contribution < 1.29 is 14.2 Å². The molecule has 2 rings (SSSR count). The standard InChI is InChI=1S/C10H21N3O3S/c1-3-16-9-7-15-6-8(9)17-10(11,12)13(9)4-5-14-2/h8H,3-7,11-12H2,1-2H3. The van der Waals surface area contributed by atoms with E-state index in [-0.39, 0.29) is 5.25 Å². The van der Waals surface area contributed by atoms with Crippen molar-refractivity contribution in [2.75, 3.05) is 40.1 Å². The summed E-state index contributed by atoms with van der Waals surface area (Å²) in [5.41, 5.74) is 11.8. The Balaban J connectivity index is 2.21. The molecule has 0 saturated carbocycles. The van der Waals surface area contributed by atoms with Crippen LogP contribution in [0.5, 0.6) is 0 Å². The summed E-state index contributed by atoms with van der Waals surface area (Å²) >= 11 is 1.51. The number of methoxy groups -OCH3 is 1. The molecule has 7 heteroatoms. The summed E-state index contributed by atoms with van der Waals surface area (Å²) in [6.45, 7) is 4.92. The Bertz CT molecular complexity index is 280. The first-order valence-electron chi connectivity index (χ1n) is 5.81. The number of ether oxygens (including phenoxy) is 3. The third-order valence-electron chi connectivity index (χ3n) is 3.20. The van der Waals surface area contributed by atoms with Crippen LogP contribution in [0.25, 0.3) is 0 Å². The second kappa shape index (κ2) is 5.00. The lowest BCUT2D eigenvalue weighted by atomic mass is 10.1. The van der Waals surface area contributed by atoms with Gasteiger partial charge in [0.05, 0.1) is 25.1 Å². The van der Waals surface area contributed by atoms with E-state index in [4.69, 9.17) is 25.7 Å². The van der Waals surface area contributed by atoms with Crippen LogP contribution >= 0.6 is 11.8 Å². The molecule has 0 bridgehead atoms. The number of nitrogens with zero attached hydrogens (tertiary/aromatic N) is 1. The van der Waals surface area contributed by atoms with Crippen LogP contribution in [0.2, 0.25) is 0 Å². The number of hydrogen-bond donors (Lipinski definition) is 2. The monoisotopic (exact) mass is 263 g/mol. The van der Waals surface area contributed by atoms with E-state index in [0.29, 0.717) is 33.0 Å². The maximum absolute atomic E-state index is 6.14. The van der Waals surface area contributed by atoms with Gasteiger partial charge in [-0.05, 0) is 6.92 Å². The zero-order chi connectivity index (χ0) is 12.5. The number of fused-ring (bicyclic) bond motifs is 1. The second-order valence-corrected chi connectivity index (χ2v) is 5.75. The molecule has 6 nitrogen and oxygen atoms in total. The predicted molar refractivity (Wildman–Crippen MR) is 66.2 cm³/mol. The topological polar surface area (TPSA) is 83.0 Å². The summed E-state index contributed by atoms with van der Waals surface area (Å²) < 4.78 is 16.6. The average molecular weight is 263 g/mol. The first-order valence-corrected chi connectivity index (χ1v) is 6.68. The molecular formula is C10H21N3O3S. The van der Waals surface area contributed by atoms with Gasteiger partial charge in [-0.1, -0.05) is 11.8 Å². The molecule has 2 aliphatic rings. The van der Waals surface area contributed by atoms with Gasteiger partial charge in [-0.25, -0.2) is 4.90 Å². The SMILES string of the molecule is CCOC12COCC1SC(N)(N)N2CCOC. The highest BCUT2D eigenvalue weighted by molar-refractivity contribution is 8.01. The van der Waals surface area contributed by atoms with Crippen molar-refractivity contribution in [3.63, 3.8) is 0 Å². The van der Waals surface area contributed by atoms with E-state index in [1.165, 1.54) is 11.8 Å². The van der Waals surface area contributed by atoms with Crippen molar-refractivity contribution in [1.82, 2.24) is 4.90 Å². The fraction of sp³-hybridized carbons (Fsp3) is 1.00. The Kier molecular flexibility index (Phi) is 3.99. The highest BCUT2D eigenvalue weighted by atomic mass is 32.2. The molecule has 0 aromatic rings. The molecule has 0 aromatic heterocycles. The van der Waals surface area contributed by atoms with Gasteiger partial charge in [0.15, 0.2) is 10.8 Å². The molecule has 0 amide bonds. The minimum absolute atomic E-state index is 0.161. The van der Waals surface area contributed by atoms with E-state index in [1.807, 2.05) is 11.8 Å². The molecule has 2 unspecified atom stereocenters. The lowest BCUT2D eigenvalue weighted by molar-refractivity contribution is -0.164. The molecule has 0 aliphatic carbocycles. The van der Waals surface area contributed by atoms with Gasteiger partial charge in [0.2, 0.25) is 0 Å². The maximum Gasteiger partial charge on any atom is 0.173 e. The molecule has 2 heterocycles. The largest absolute Gasteiger partial charge is 0.383 e. The van der Waals surface area contributed by atoms with Gasteiger partial charge in [0.1, 0.15) is 0 Å². The van der Waals surface area contributed by atoms with Crippen LogP contribution in [0.4, 0.5) is 0 Å². The van der Waals surface area contributed by atoms with Gasteiger partial charge in [-0.15, -0.1) is 0 Å². The molecule has 2 aliphatic heterocycles. The fourth-order valence-electron chi connectivity index (χ4n) is 2.51. The third-order valence-corrected chi connectivity index (χ3v) is 4.59. The molecule has 2 fully saturated rings. The lowest BCUT2D eigenvalue weighted by Gasteiger charge is -2.40. The quantitative estimate of drug-likeness (QED) is 0.637. The van der Waals surface area contributed by atoms with Crippen LogP contribution in [0.1, 0.15) is 6.92 Å². The van der Waals surface area contributed by atoms with E-state index >= 15 is 0 Å². The zero-order valence-corrected chi connectivity index (χ0v) is 11.2. The minimum atomic E-state index is -0.915. The van der Waals surface area contributed by atoms with E-state index in [0.717, 1.165) is 0 Å². The summed E-state index contributed by atoms with van der Waals surface area (Å²) in [4.78, 5) is 1.97.